The van der Waals surface area contributed by atoms with Crippen LogP contribution in [0.15, 0.2) is 35.1 Å². The first-order chi connectivity index (χ1) is 8.72. The minimum absolute atomic E-state index is 0.0923. The van der Waals surface area contributed by atoms with Crippen molar-refractivity contribution < 1.29 is 0 Å². The number of nitrogens with zero attached hydrogens (tertiary/aromatic N) is 2. The quantitative estimate of drug-likeness (QED) is 0.869. The molecule has 88 valence electrons. The third-order valence-electron chi connectivity index (χ3n) is 2.57. The fraction of sp³-hybridized carbons (Fsp3) is 0.0714. The highest BCUT2D eigenvalue weighted by Crippen LogP contribution is 2.12. The molecule has 0 aliphatic carbocycles. The summed E-state index contributed by atoms with van der Waals surface area (Å²) in [6.45, 7) is 1.75. The van der Waals surface area contributed by atoms with Crippen molar-refractivity contribution in [1.29, 1.82) is 5.26 Å². The van der Waals surface area contributed by atoms with Crippen LogP contribution in [0.25, 0.3) is 12.2 Å². The number of aromatic nitrogens is 2. The summed E-state index contributed by atoms with van der Waals surface area (Å²) in [6.07, 6.45) is 3.59. The lowest BCUT2D eigenvalue weighted by Crippen LogP contribution is -2.15. The molecule has 0 amide bonds. The summed E-state index contributed by atoms with van der Waals surface area (Å²) in [7, 11) is 0. The summed E-state index contributed by atoms with van der Waals surface area (Å²) < 4.78 is 0. The van der Waals surface area contributed by atoms with E-state index in [1.165, 1.54) is 0 Å². The van der Waals surface area contributed by atoms with Gasteiger partial charge in [0.1, 0.15) is 11.6 Å². The van der Waals surface area contributed by atoms with Gasteiger partial charge >= 0.3 is 0 Å². The van der Waals surface area contributed by atoms with E-state index in [-0.39, 0.29) is 5.56 Å². The third kappa shape index (κ3) is 2.36. The molecule has 2 aromatic rings. The number of aryl methyl sites for hydroxylation is 1. The minimum Gasteiger partial charge on any atom is -0.266 e. The minimum atomic E-state index is -0.462. The monoisotopic (exact) mass is 237 g/mol. The van der Waals surface area contributed by atoms with E-state index in [2.05, 4.69) is 10.2 Å². The highest BCUT2D eigenvalue weighted by atomic mass is 16.1. The van der Waals surface area contributed by atoms with Crippen LogP contribution < -0.4 is 5.56 Å². The average molecular weight is 237 g/mol. The van der Waals surface area contributed by atoms with E-state index in [4.69, 9.17) is 5.26 Å². The van der Waals surface area contributed by atoms with Gasteiger partial charge in [0.25, 0.3) is 5.56 Å². The molecule has 1 aromatic carbocycles. The van der Waals surface area contributed by atoms with Gasteiger partial charge in [-0.2, -0.15) is 10.4 Å². The van der Waals surface area contributed by atoms with Crippen molar-refractivity contribution in [2.24, 2.45) is 0 Å². The molecule has 4 nitrogen and oxygen atoms in total. The van der Waals surface area contributed by atoms with Crippen LogP contribution in [0, 0.1) is 18.3 Å². The summed E-state index contributed by atoms with van der Waals surface area (Å²) >= 11 is 0. The Morgan fingerprint density at radius 1 is 1.28 bits per heavy atom. The highest BCUT2D eigenvalue weighted by molar-refractivity contribution is 5.73. The molecule has 2 rings (SSSR count). The van der Waals surface area contributed by atoms with Crippen LogP contribution in [0.1, 0.15) is 22.4 Å². The van der Waals surface area contributed by atoms with E-state index in [0.717, 1.165) is 5.56 Å². The standard InChI is InChI=1S/C14H11N3O/c1-10-12(13(9-15)14(18)17-16-10)8-7-11-5-3-2-4-6-11/h2-8H,1H3,(H,17,18)/b8-7-. The van der Waals surface area contributed by atoms with E-state index in [1.54, 1.807) is 13.0 Å². The summed E-state index contributed by atoms with van der Waals surface area (Å²) in [6, 6.07) is 11.6. The van der Waals surface area contributed by atoms with Crippen molar-refractivity contribution in [1.82, 2.24) is 10.2 Å². The van der Waals surface area contributed by atoms with E-state index in [0.29, 0.717) is 11.3 Å². The van der Waals surface area contributed by atoms with Crippen molar-refractivity contribution >= 4 is 12.2 Å². The fourth-order valence-corrected chi connectivity index (χ4v) is 1.61. The van der Waals surface area contributed by atoms with Crippen LogP contribution in [-0.4, -0.2) is 10.2 Å². The molecule has 1 heterocycles. The molecule has 0 saturated carbocycles. The first kappa shape index (κ1) is 11.8. The second-order valence-corrected chi connectivity index (χ2v) is 3.78. The summed E-state index contributed by atoms with van der Waals surface area (Å²) in [5, 5.41) is 15.1. The zero-order valence-corrected chi connectivity index (χ0v) is 9.84. The number of nitriles is 1. The topological polar surface area (TPSA) is 69.5 Å². The van der Waals surface area contributed by atoms with Crippen molar-refractivity contribution in [3.8, 4) is 6.07 Å². The largest absolute Gasteiger partial charge is 0.282 e. The normalized spacial score (nSPS) is 10.4. The molecule has 0 aliphatic rings. The average Bonchev–Trinajstić information content (AvgIpc) is 2.41. The Hall–Kier alpha value is -2.67. The molecule has 0 fully saturated rings. The lowest BCUT2D eigenvalue weighted by atomic mass is 10.1. The highest BCUT2D eigenvalue weighted by Gasteiger charge is 2.07. The number of hydrogen-bond donors (Lipinski definition) is 1. The lowest BCUT2D eigenvalue weighted by molar-refractivity contribution is 0.934. The Morgan fingerprint density at radius 3 is 2.67 bits per heavy atom. The SMILES string of the molecule is Cc1n[nH]c(=O)c(C#N)c1/C=C\c1ccccc1. The smallest absolute Gasteiger partial charge is 0.266 e. The molecule has 18 heavy (non-hydrogen) atoms. The Labute approximate surface area is 104 Å². The molecule has 0 saturated heterocycles. The predicted octanol–water partition coefficient (Wildman–Crippen LogP) is 2.12. The van der Waals surface area contributed by atoms with Gasteiger partial charge in [-0.05, 0) is 12.5 Å². The van der Waals surface area contributed by atoms with Gasteiger partial charge in [0.15, 0.2) is 0 Å². The number of aromatic amines is 1. The van der Waals surface area contributed by atoms with E-state index in [9.17, 15) is 4.79 Å². The molecule has 1 aromatic heterocycles. The number of hydrogen-bond acceptors (Lipinski definition) is 3. The molecular formula is C14H11N3O. The molecule has 0 spiro atoms. The van der Waals surface area contributed by atoms with Crippen molar-refractivity contribution in [3.63, 3.8) is 0 Å². The lowest BCUT2D eigenvalue weighted by Gasteiger charge is -2.00. The van der Waals surface area contributed by atoms with Crippen molar-refractivity contribution in [3.05, 3.63) is 63.1 Å². The van der Waals surface area contributed by atoms with Crippen molar-refractivity contribution in [2.75, 3.05) is 0 Å². The Kier molecular flexibility index (Phi) is 3.35. The molecule has 1 N–H and O–H groups in total. The van der Waals surface area contributed by atoms with Gasteiger partial charge in [0.2, 0.25) is 0 Å². The van der Waals surface area contributed by atoms with Gasteiger partial charge in [-0.25, -0.2) is 5.10 Å². The fourth-order valence-electron chi connectivity index (χ4n) is 1.61. The van der Waals surface area contributed by atoms with Gasteiger partial charge in [0, 0.05) is 5.56 Å². The van der Waals surface area contributed by atoms with Crippen LogP contribution >= 0.6 is 0 Å². The van der Waals surface area contributed by atoms with Crippen LogP contribution in [-0.2, 0) is 0 Å². The Balaban J connectivity index is 2.47. The van der Waals surface area contributed by atoms with Crippen LogP contribution in [0.4, 0.5) is 0 Å². The van der Waals surface area contributed by atoms with Crippen LogP contribution in [0.5, 0.6) is 0 Å². The molecular weight excluding hydrogens is 226 g/mol. The zero-order valence-electron chi connectivity index (χ0n) is 9.84. The third-order valence-corrected chi connectivity index (χ3v) is 2.57. The van der Waals surface area contributed by atoms with Crippen molar-refractivity contribution in [2.45, 2.75) is 6.92 Å². The first-order valence-corrected chi connectivity index (χ1v) is 5.45. The number of benzene rings is 1. The second kappa shape index (κ2) is 5.11. The van der Waals surface area contributed by atoms with Gasteiger partial charge in [-0.3, -0.25) is 4.79 Å². The number of H-pyrrole nitrogens is 1. The van der Waals surface area contributed by atoms with Gasteiger partial charge in [-0.15, -0.1) is 0 Å². The maximum absolute atomic E-state index is 11.5. The van der Waals surface area contributed by atoms with Gasteiger partial charge in [-0.1, -0.05) is 42.5 Å². The Bertz CT molecular complexity index is 678. The van der Waals surface area contributed by atoms with E-state index >= 15 is 0 Å². The summed E-state index contributed by atoms with van der Waals surface area (Å²) in [4.78, 5) is 11.5. The maximum atomic E-state index is 11.5. The molecule has 0 radical (unpaired) electrons. The first-order valence-electron chi connectivity index (χ1n) is 5.45. The van der Waals surface area contributed by atoms with E-state index in [1.807, 2.05) is 42.5 Å². The van der Waals surface area contributed by atoms with Crippen LogP contribution in [0.3, 0.4) is 0 Å². The molecule has 4 heteroatoms. The zero-order chi connectivity index (χ0) is 13.0. The van der Waals surface area contributed by atoms with Gasteiger partial charge < -0.3 is 0 Å². The Morgan fingerprint density at radius 2 is 2.00 bits per heavy atom. The number of rotatable bonds is 2. The maximum Gasteiger partial charge on any atom is 0.282 e. The molecule has 0 atom stereocenters. The number of nitrogens with one attached hydrogen (secondary N) is 1. The second-order valence-electron chi connectivity index (χ2n) is 3.78. The molecule has 0 unspecified atom stereocenters. The molecule has 0 bridgehead atoms. The predicted molar refractivity (Wildman–Crippen MR) is 69.7 cm³/mol. The molecule has 0 aliphatic heterocycles. The summed E-state index contributed by atoms with van der Waals surface area (Å²) in [5.41, 5.74) is 1.81. The van der Waals surface area contributed by atoms with Crippen LogP contribution in [0.2, 0.25) is 0 Å². The summed E-state index contributed by atoms with van der Waals surface area (Å²) in [5.74, 6) is 0. The van der Waals surface area contributed by atoms with Gasteiger partial charge in [0.05, 0.1) is 5.69 Å². The van der Waals surface area contributed by atoms with E-state index < -0.39 is 5.56 Å².